The Morgan fingerprint density at radius 1 is 1.22 bits per heavy atom. The van der Waals surface area contributed by atoms with Crippen LogP contribution in [-0.2, 0) is 31.5 Å². The number of amides is 1. The van der Waals surface area contributed by atoms with E-state index in [0.717, 1.165) is 5.56 Å². The first-order valence-corrected chi connectivity index (χ1v) is 14.6. The summed E-state index contributed by atoms with van der Waals surface area (Å²) in [5.74, 6) is -0.745. The van der Waals surface area contributed by atoms with E-state index >= 15 is 4.39 Å². The number of nitrogens with one attached hydrogen (secondary N) is 1. The third kappa shape index (κ3) is 6.76. The van der Waals surface area contributed by atoms with Crippen molar-refractivity contribution in [2.24, 2.45) is 5.73 Å². The number of ether oxygens (including phenoxy) is 1. The molecule has 1 fully saturated rings. The van der Waals surface area contributed by atoms with Crippen LogP contribution < -0.4 is 11.1 Å². The summed E-state index contributed by atoms with van der Waals surface area (Å²) in [5, 5.41) is 2.25. The van der Waals surface area contributed by atoms with Crippen LogP contribution in [0.15, 0.2) is 48.5 Å². The van der Waals surface area contributed by atoms with Gasteiger partial charge in [0, 0.05) is 37.9 Å². The van der Waals surface area contributed by atoms with E-state index in [1.165, 1.54) is 10.4 Å². The van der Waals surface area contributed by atoms with Crippen molar-refractivity contribution in [2.75, 3.05) is 26.3 Å². The first-order chi connectivity index (χ1) is 17.6. The standard InChI is InChI=1S/C28H40FN3O4S/c1-4-36-18-15-28(3,27(33)31-17-8-16-30)24-13-12-23(25(29)19-24)20-32-21(2)11-14-26(37(32,34)35)22-9-6-5-7-10-22/h5-7,9-10,12-13,19,21,26H,4,8,11,14-18,20,30H2,1-3H3,(H,31,33)/t21-,26+,28?/m0/s1. The molecule has 1 aliphatic rings. The quantitative estimate of drug-likeness (QED) is 0.401. The van der Waals surface area contributed by atoms with E-state index in [4.69, 9.17) is 10.5 Å². The predicted octanol–water partition coefficient (Wildman–Crippen LogP) is 4.03. The highest BCUT2D eigenvalue weighted by Crippen LogP contribution is 2.38. The van der Waals surface area contributed by atoms with E-state index < -0.39 is 26.5 Å². The molecule has 37 heavy (non-hydrogen) atoms. The Morgan fingerprint density at radius 2 is 1.95 bits per heavy atom. The van der Waals surface area contributed by atoms with Gasteiger partial charge in [-0.15, -0.1) is 0 Å². The molecule has 0 saturated carbocycles. The minimum Gasteiger partial charge on any atom is -0.382 e. The van der Waals surface area contributed by atoms with Crippen LogP contribution in [0, 0.1) is 5.82 Å². The Labute approximate surface area is 220 Å². The Morgan fingerprint density at radius 3 is 2.59 bits per heavy atom. The number of hydrogen-bond acceptors (Lipinski definition) is 5. The van der Waals surface area contributed by atoms with Gasteiger partial charge in [-0.1, -0.05) is 42.5 Å². The Hall–Kier alpha value is -2.33. The van der Waals surface area contributed by atoms with Crippen LogP contribution in [0.25, 0.3) is 0 Å². The zero-order valence-electron chi connectivity index (χ0n) is 22.1. The van der Waals surface area contributed by atoms with E-state index in [0.29, 0.717) is 57.6 Å². The number of rotatable bonds is 12. The molecule has 3 N–H and O–H groups in total. The largest absolute Gasteiger partial charge is 0.382 e. The third-order valence-corrected chi connectivity index (χ3v) is 9.70. The monoisotopic (exact) mass is 533 g/mol. The summed E-state index contributed by atoms with van der Waals surface area (Å²) in [6.45, 7) is 7.23. The molecule has 1 aliphatic heterocycles. The molecule has 0 aromatic heterocycles. The lowest BCUT2D eigenvalue weighted by Crippen LogP contribution is -2.45. The fourth-order valence-corrected chi connectivity index (χ4v) is 7.04. The summed E-state index contributed by atoms with van der Waals surface area (Å²) in [4.78, 5) is 13.1. The normalized spacial score (nSPS) is 21.3. The number of carbonyl (C=O) groups excluding carboxylic acids is 1. The summed E-state index contributed by atoms with van der Waals surface area (Å²) in [6, 6.07) is 13.6. The van der Waals surface area contributed by atoms with Crippen molar-refractivity contribution in [3.05, 3.63) is 71.0 Å². The first-order valence-electron chi connectivity index (χ1n) is 13.1. The smallest absolute Gasteiger partial charge is 0.230 e. The molecule has 0 bridgehead atoms. The van der Waals surface area contributed by atoms with Gasteiger partial charge in [0.15, 0.2) is 0 Å². The molecule has 1 amide bonds. The van der Waals surface area contributed by atoms with Gasteiger partial charge in [-0.25, -0.2) is 12.8 Å². The van der Waals surface area contributed by atoms with Crippen LogP contribution in [-0.4, -0.2) is 51.0 Å². The molecular weight excluding hydrogens is 493 g/mol. The molecule has 7 nitrogen and oxygen atoms in total. The van der Waals surface area contributed by atoms with Gasteiger partial charge in [0.05, 0.1) is 5.41 Å². The Bertz CT molecular complexity index is 1150. The van der Waals surface area contributed by atoms with Crippen molar-refractivity contribution < 1.29 is 22.3 Å². The van der Waals surface area contributed by atoms with Crippen molar-refractivity contribution >= 4 is 15.9 Å². The molecule has 1 heterocycles. The molecule has 3 rings (SSSR count). The van der Waals surface area contributed by atoms with E-state index in [-0.39, 0.29) is 24.1 Å². The lowest BCUT2D eigenvalue weighted by atomic mass is 9.78. The van der Waals surface area contributed by atoms with Crippen molar-refractivity contribution in [3.8, 4) is 0 Å². The maximum atomic E-state index is 15.5. The molecule has 0 spiro atoms. The lowest BCUT2D eigenvalue weighted by Gasteiger charge is -2.37. The zero-order chi connectivity index (χ0) is 27.1. The molecule has 1 saturated heterocycles. The Kier molecular flexibility index (Phi) is 10.2. The summed E-state index contributed by atoms with van der Waals surface area (Å²) < 4.78 is 49.5. The second-order valence-corrected chi connectivity index (χ2v) is 12.0. The highest BCUT2D eigenvalue weighted by molar-refractivity contribution is 7.89. The molecule has 2 aromatic carbocycles. The first kappa shape index (κ1) is 29.2. The van der Waals surface area contributed by atoms with Crippen molar-refractivity contribution in [2.45, 2.75) is 69.7 Å². The van der Waals surface area contributed by atoms with Gasteiger partial charge in [-0.2, -0.15) is 4.31 Å². The minimum absolute atomic E-state index is 0.0582. The molecule has 1 unspecified atom stereocenters. The predicted molar refractivity (Wildman–Crippen MR) is 144 cm³/mol. The molecule has 0 aliphatic carbocycles. The van der Waals surface area contributed by atoms with Crippen molar-refractivity contribution in [3.63, 3.8) is 0 Å². The molecule has 9 heteroatoms. The van der Waals surface area contributed by atoms with Crippen LogP contribution in [0.4, 0.5) is 4.39 Å². The molecule has 3 atom stereocenters. The summed E-state index contributed by atoms with van der Waals surface area (Å²) in [5.41, 5.74) is 6.10. The summed E-state index contributed by atoms with van der Waals surface area (Å²) >= 11 is 0. The van der Waals surface area contributed by atoms with Crippen molar-refractivity contribution in [1.29, 1.82) is 0 Å². The second-order valence-electron chi connectivity index (χ2n) is 9.90. The van der Waals surface area contributed by atoms with Crippen LogP contribution in [0.2, 0.25) is 0 Å². The van der Waals surface area contributed by atoms with Gasteiger partial charge in [0.25, 0.3) is 0 Å². The van der Waals surface area contributed by atoms with Crippen LogP contribution in [0.1, 0.15) is 68.4 Å². The summed E-state index contributed by atoms with van der Waals surface area (Å²) in [7, 11) is -3.69. The van der Waals surface area contributed by atoms with E-state index in [1.807, 2.05) is 44.2 Å². The fraction of sp³-hybridized carbons (Fsp3) is 0.536. The van der Waals surface area contributed by atoms with E-state index in [1.54, 1.807) is 19.1 Å². The zero-order valence-corrected chi connectivity index (χ0v) is 22.9. The number of hydrogen-bond donors (Lipinski definition) is 2. The maximum Gasteiger partial charge on any atom is 0.230 e. The Balaban J connectivity index is 1.86. The van der Waals surface area contributed by atoms with Gasteiger partial charge in [-0.05, 0) is 70.2 Å². The van der Waals surface area contributed by atoms with Gasteiger partial charge in [-0.3, -0.25) is 4.79 Å². The number of benzene rings is 2. The summed E-state index contributed by atoms with van der Waals surface area (Å²) in [6.07, 6.45) is 2.25. The minimum atomic E-state index is -3.69. The number of carbonyl (C=O) groups is 1. The highest BCUT2D eigenvalue weighted by atomic mass is 32.2. The SMILES string of the molecule is CCOCCC(C)(C(=O)NCCCN)c1ccc(CN2[C@@H](C)CC[C@H](c3ccccc3)S2(=O)=O)c(F)c1. The number of halogens is 1. The van der Waals surface area contributed by atoms with Gasteiger partial charge < -0.3 is 15.8 Å². The lowest BCUT2D eigenvalue weighted by molar-refractivity contribution is -0.127. The third-order valence-electron chi connectivity index (χ3n) is 7.33. The van der Waals surface area contributed by atoms with Crippen LogP contribution in [0.5, 0.6) is 0 Å². The molecule has 0 radical (unpaired) electrons. The van der Waals surface area contributed by atoms with Crippen LogP contribution in [0.3, 0.4) is 0 Å². The average Bonchev–Trinajstić information content (AvgIpc) is 2.87. The topological polar surface area (TPSA) is 102 Å². The fourth-order valence-electron chi connectivity index (χ4n) is 4.85. The van der Waals surface area contributed by atoms with Crippen LogP contribution >= 0.6 is 0 Å². The van der Waals surface area contributed by atoms with Gasteiger partial charge >= 0.3 is 0 Å². The molecule has 204 valence electrons. The molecular formula is C28H40FN3O4S. The number of sulfonamides is 1. The second kappa shape index (κ2) is 13.0. The van der Waals surface area contributed by atoms with E-state index in [9.17, 15) is 13.2 Å². The van der Waals surface area contributed by atoms with Gasteiger partial charge in [0.2, 0.25) is 15.9 Å². The van der Waals surface area contributed by atoms with Gasteiger partial charge in [0.1, 0.15) is 11.1 Å². The number of nitrogens with two attached hydrogens (primary N) is 1. The number of nitrogens with zero attached hydrogens (tertiary/aromatic N) is 1. The van der Waals surface area contributed by atoms with Crippen molar-refractivity contribution in [1.82, 2.24) is 9.62 Å². The van der Waals surface area contributed by atoms with E-state index in [2.05, 4.69) is 5.32 Å². The highest BCUT2D eigenvalue weighted by Gasteiger charge is 2.41. The molecule has 2 aromatic rings. The average molecular weight is 534 g/mol. The maximum absolute atomic E-state index is 15.5.